The number of esters is 1. The summed E-state index contributed by atoms with van der Waals surface area (Å²) < 4.78 is 10.9. The van der Waals surface area contributed by atoms with E-state index in [1.165, 1.54) is 0 Å². The first-order chi connectivity index (χ1) is 14.6. The number of allylic oxidation sites excluding steroid dienone is 1. The molecule has 1 saturated heterocycles. The fourth-order valence-electron chi connectivity index (χ4n) is 3.35. The van der Waals surface area contributed by atoms with Gasteiger partial charge in [0, 0.05) is 23.3 Å². The maximum Gasteiger partial charge on any atom is 0.326 e. The third kappa shape index (κ3) is 3.74. The third-order valence-corrected chi connectivity index (χ3v) is 4.86. The fourth-order valence-corrected chi connectivity index (χ4v) is 3.35. The lowest BCUT2D eigenvalue weighted by Gasteiger charge is -2.10. The molecule has 0 aliphatic carbocycles. The normalized spacial score (nSPS) is 19.9. The van der Waals surface area contributed by atoms with Crippen LogP contribution in [0.5, 0.6) is 0 Å². The van der Waals surface area contributed by atoms with E-state index in [1.807, 2.05) is 49.4 Å². The van der Waals surface area contributed by atoms with Crippen LogP contribution in [-0.2, 0) is 19.1 Å². The number of fused-ring (bicyclic) bond motifs is 1. The highest BCUT2D eigenvalue weighted by Gasteiger charge is 2.44. The van der Waals surface area contributed by atoms with Gasteiger partial charge >= 0.3 is 5.97 Å². The molecule has 7 nitrogen and oxygen atoms in total. The monoisotopic (exact) mass is 403 g/mol. The molecule has 0 bridgehead atoms. The van der Waals surface area contributed by atoms with Crippen molar-refractivity contribution in [3.05, 3.63) is 71.7 Å². The second-order valence-corrected chi connectivity index (χ2v) is 6.86. The summed E-state index contributed by atoms with van der Waals surface area (Å²) in [4.78, 5) is 37.3. The van der Waals surface area contributed by atoms with E-state index >= 15 is 0 Å². The lowest BCUT2D eigenvalue weighted by atomic mass is 10.0. The molecule has 1 aliphatic rings. The number of benzene rings is 1. The average Bonchev–Trinajstić information content (AvgIpc) is 3.30. The highest BCUT2D eigenvalue weighted by Crippen LogP contribution is 2.29. The first-order valence-corrected chi connectivity index (χ1v) is 9.73. The highest BCUT2D eigenvalue weighted by molar-refractivity contribution is 6.27. The SMILES string of the molecule is CCOC(=O)C1C(=O)/C(=C/c2c[nH]c3ncccc23)OC1=NC(C)c1ccccc1. The van der Waals surface area contributed by atoms with Gasteiger partial charge in [-0.1, -0.05) is 30.3 Å². The zero-order chi connectivity index (χ0) is 21.1. The summed E-state index contributed by atoms with van der Waals surface area (Å²) in [6, 6.07) is 13.0. The maximum absolute atomic E-state index is 13.0. The van der Waals surface area contributed by atoms with E-state index in [9.17, 15) is 9.59 Å². The third-order valence-electron chi connectivity index (χ3n) is 4.86. The minimum atomic E-state index is -1.20. The van der Waals surface area contributed by atoms with E-state index in [-0.39, 0.29) is 24.3 Å². The van der Waals surface area contributed by atoms with Crippen molar-refractivity contribution < 1.29 is 19.1 Å². The predicted molar refractivity (Wildman–Crippen MR) is 113 cm³/mol. The van der Waals surface area contributed by atoms with Gasteiger partial charge < -0.3 is 14.5 Å². The van der Waals surface area contributed by atoms with Crippen LogP contribution in [0.25, 0.3) is 17.1 Å². The Balaban J connectivity index is 1.71. The largest absolute Gasteiger partial charge is 0.465 e. The maximum atomic E-state index is 13.0. The van der Waals surface area contributed by atoms with Gasteiger partial charge in [0.05, 0.1) is 12.6 Å². The van der Waals surface area contributed by atoms with E-state index < -0.39 is 17.7 Å². The van der Waals surface area contributed by atoms with Crippen LogP contribution < -0.4 is 0 Å². The Hall–Kier alpha value is -3.74. The second kappa shape index (κ2) is 8.32. The number of hydrogen-bond donors (Lipinski definition) is 1. The summed E-state index contributed by atoms with van der Waals surface area (Å²) >= 11 is 0. The van der Waals surface area contributed by atoms with Gasteiger partial charge in [0.25, 0.3) is 0 Å². The molecule has 1 N–H and O–H groups in total. The molecule has 7 heteroatoms. The Morgan fingerprint density at radius 3 is 2.87 bits per heavy atom. The molecular formula is C23H21N3O4. The van der Waals surface area contributed by atoms with Crippen molar-refractivity contribution in [2.45, 2.75) is 19.9 Å². The van der Waals surface area contributed by atoms with E-state index in [2.05, 4.69) is 15.0 Å². The molecule has 3 heterocycles. The van der Waals surface area contributed by atoms with Crippen LogP contribution in [0.2, 0.25) is 0 Å². The predicted octanol–water partition coefficient (Wildman–Crippen LogP) is 3.84. The van der Waals surface area contributed by atoms with Crippen molar-refractivity contribution in [3.63, 3.8) is 0 Å². The Kier molecular flexibility index (Phi) is 5.43. The molecule has 2 unspecified atom stereocenters. The number of carbonyl (C=O) groups is 2. The number of rotatable bonds is 5. The quantitative estimate of drug-likeness (QED) is 0.397. The van der Waals surface area contributed by atoms with Crippen LogP contribution in [0.3, 0.4) is 0 Å². The average molecular weight is 403 g/mol. The second-order valence-electron chi connectivity index (χ2n) is 6.86. The lowest BCUT2D eigenvalue weighted by molar-refractivity contribution is -0.147. The fraction of sp³-hybridized carbons (Fsp3) is 0.217. The molecule has 1 fully saturated rings. The molecule has 0 saturated carbocycles. The number of aromatic nitrogens is 2. The molecule has 0 amide bonds. The molecule has 3 aromatic rings. The number of Topliss-reactive ketones (excluding diaryl/α,β-unsaturated/α-hetero) is 1. The van der Waals surface area contributed by atoms with Crippen LogP contribution in [0.4, 0.5) is 0 Å². The number of carbonyl (C=O) groups excluding carboxylic acids is 2. The Morgan fingerprint density at radius 1 is 1.30 bits per heavy atom. The zero-order valence-electron chi connectivity index (χ0n) is 16.7. The van der Waals surface area contributed by atoms with Crippen molar-refractivity contribution in [3.8, 4) is 0 Å². The number of ether oxygens (including phenoxy) is 2. The molecule has 0 radical (unpaired) electrons. The van der Waals surface area contributed by atoms with Crippen LogP contribution >= 0.6 is 0 Å². The summed E-state index contributed by atoms with van der Waals surface area (Å²) in [5.74, 6) is -2.22. The number of aliphatic imine (C=N–C) groups is 1. The van der Waals surface area contributed by atoms with E-state index in [4.69, 9.17) is 9.47 Å². The Labute approximate surface area is 173 Å². The smallest absolute Gasteiger partial charge is 0.326 e. The van der Waals surface area contributed by atoms with Crippen molar-refractivity contribution >= 4 is 34.8 Å². The number of pyridine rings is 1. The summed E-state index contributed by atoms with van der Waals surface area (Å²) in [5, 5.41) is 0.845. The van der Waals surface area contributed by atoms with Gasteiger partial charge in [-0.2, -0.15) is 0 Å². The molecule has 1 aliphatic heterocycles. The number of hydrogen-bond acceptors (Lipinski definition) is 6. The van der Waals surface area contributed by atoms with E-state index in [0.717, 1.165) is 16.5 Å². The summed E-state index contributed by atoms with van der Waals surface area (Å²) in [6.07, 6.45) is 5.02. The van der Waals surface area contributed by atoms with E-state index in [1.54, 1.807) is 25.4 Å². The van der Waals surface area contributed by atoms with Crippen LogP contribution in [-0.4, -0.2) is 34.2 Å². The van der Waals surface area contributed by atoms with Crippen LogP contribution in [0.15, 0.2) is 65.6 Å². The molecular weight excluding hydrogens is 382 g/mol. The van der Waals surface area contributed by atoms with Gasteiger partial charge in [-0.3, -0.25) is 9.59 Å². The Bertz CT molecular complexity index is 1150. The van der Waals surface area contributed by atoms with Crippen molar-refractivity contribution in [1.82, 2.24) is 9.97 Å². The van der Waals surface area contributed by atoms with Gasteiger partial charge in [-0.25, -0.2) is 9.98 Å². The van der Waals surface area contributed by atoms with Crippen LogP contribution in [0, 0.1) is 5.92 Å². The molecule has 152 valence electrons. The van der Waals surface area contributed by atoms with Gasteiger partial charge in [-0.15, -0.1) is 0 Å². The molecule has 0 spiro atoms. The van der Waals surface area contributed by atoms with Gasteiger partial charge in [0.1, 0.15) is 5.65 Å². The van der Waals surface area contributed by atoms with Gasteiger partial charge in [0.2, 0.25) is 11.7 Å². The van der Waals surface area contributed by atoms with Crippen molar-refractivity contribution in [2.24, 2.45) is 10.9 Å². The summed E-state index contributed by atoms with van der Waals surface area (Å²) in [5.41, 5.74) is 2.38. The van der Waals surface area contributed by atoms with Crippen molar-refractivity contribution in [1.29, 1.82) is 0 Å². The van der Waals surface area contributed by atoms with Crippen molar-refractivity contribution in [2.75, 3.05) is 6.61 Å². The van der Waals surface area contributed by atoms with Crippen LogP contribution in [0.1, 0.15) is 31.0 Å². The molecule has 2 atom stereocenters. The number of ketones is 1. The molecule has 4 rings (SSSR count). The number of nitrogens with one attached hydrogen (secondary N) is 1. The summed E-state index contributed by atoms with van der Waals surface area (Å²) in [6.45, 7) is 3.74. The standard InChI is InChI=1S/C23H21N3O4/c1-3-29-23(28)19-20(27)18(12-16-13-25-21-17(16)10-7-11-24-21)30-22(19)26-14(2)15-8-5-4-6-9-15/h4-14,19H,3H2,1-2H3,(H,24,25)/b18-12-,26-22?. The summed E-state index contributed by atoms with van der Waals surface area (Å²) in [7, 11) is 0. The van der Waals surface area contributed by atoms with Gasteiger partial charge in [-0.05, 0) is 37.6 Å². The minimum Gasteiger partial charge on any atom is -0.465 e. The molecule has 2 aromatic heterocycles. The topological polar surface area (TPSA) is 93.6 Å². The highest BCUT2D eigenvalue weighted by atomic mass is 16.5. The first kappa shape index (κ1) is 19.6. The van der Waals surface area contributed by atoms with E-state index in [0.29, 0.717) is 5.65 Å². The lowest BCUT2D eigenvalue weighted by Crippen LogP contribution is -2.28. The number of nitrogens with zero attached hydrogens (tertiary/aromatic N) is 2. The minimum absolute atomic E-state index is 0.0526. The Morgan fingerprint density at radius 2 is 2.10 bits per heavy atom. The number of aromatic amines is 1. The van der Waals surface area contributed by atoms with Gasteiger partial charge in [0.15, 0.2) is 11.7 Å². The number of H-pyrrole nitrogens is 1. The molecule has 1 aromatic carbocycles. The first-order valence-electron chi connectivity index (χ1n) is 9.73. The zero-order valence-corrected chi connectivity index (χ0v) is 16.7. The molecule has 30 heavy (non-hydrogen) atoms.